The van der Waals surface area contributed by atoms with Gasteiger partial charge in [-0.2, -0.15) is 0 Å². The molecular weight excluding hydrogens is 452 g/mol. The van der Waals surface area contributed by atoms with E-state index in [-0.39, 0.29) is 11.4 Å². The molecule has 9 heteroatoms. The minimum absolute atomic E-state index is 0.168. The maximum absolute atomic E-state index is 12.7. The van der Waals surface area contributed by atoms with Crippen LogP contribution in [0.3, 0.4) is 0 Å². The van der Waals surface area contributed by atoms with Gasteiger partial charge in [0.05, 0.1) is 17.6 Å². The van der Waals surface area contributed by atoms with Crippen LogP contribution in [0, 0.1) is 0 Å². The summed E-state index contributed by atoms with van der Waals surface area (Å²) in [4.78, 5) is 38.3. The van der Waals surface area contributed by atoms with Crippen LogP contribution in [-0.2, 0) is 9.59 Å². The van der Waals surface area contributed by atoms with Crippen molar-refractivity contribution < 1.29 is 23.5 Å². The van der Waals surface area contributed by atoms with Crippen molar-refractivity contribution in [2.45, 2.75) is 0 Å². The van der Waals surface area contributed by atoms with Crippen LogP contribution in [0.5, 0.6) is 5.75 Å². The number of furan rings is 1. The Hall–Kier alpha value is -3.49. The second-order valence-electron chi connectivity index (χ2n) is 6.73. The van der Waals surface area contributed by atoms with Crippen molar-refractivity contribution in [2.24, 2.45) is 0 Å². The number of ether oxygens (including phenoxy) is 1. The van der Waals surface area contributed by atoms with Crippen LogP contribution in [0.4, 0.5) is 10.5 Å². The number of anilines is 1. The van der Waals surface area contributed by atoms with Gasteiger partial charge in [-0.1, -0.05) is 29.8 Å². The number of nitrogens with zero attached hydrogens (tertiary/aromatic N) is 1. The van der Waals surface area contributed by atoms with Crippen molar-refractivity contribution >= 4 is 52.2 Å². The van der Waals surface area contributed by atoms with Gasteiger partial charge in [-0.25, -0.2) is 0 Å². The van der Waals surface area contributed by atoms with E-state index in [0.29, 0.717) is 33.5 Å². The Kier molecular flexibility index (Phi) is 6.34. The number of imide groups is 1. The minimum atomic E-state index is -0.554. The van der Waals surface area contributed by atoms with Crippen LogP contribution in [0.15, 0.2) is 70.0 Å². The molecule has 1 aliphatic rings. The molecule has 0 bridgehead atoms. The topological polar surface area (TPSA) is 88.9 Å². The first-order valence-electron chi connectivity index (χ1n) is 9.48. The predicted molar refractivity (Wildman–Crippen MR) is 123 cm³/mol. The highest BCUT2D eigenvalue weighted by molar-refractivity contribution is 8.18. The van der Waals surface area contributed by atoms with Gasteiger partial charge in [0, 0.05) is 16.8 Å². The fourth-order valence-corrected chi connectivity index (χ4v) is 4.07. The highest BCUT2D eigenvalue weighted by atomic mass is 35.5. The third-order valence-electron chi connectivity index (χ3n) is 4.56. The zero-order valence-corrected chi connectivity index (χ0v) is 18.4. The summed E-state index contributed by atoms with van der Waals surface area (Å²) in [7, 11) is 1.54. The van der Waals surface area contributed by atoms with E-state index < -0.39 is 17.1 Å². The number of carbonyl (C=O) groups excluding carboxylic acids is 3. The van der Waals surface area contributed by atoms with E-state index in [4.69, 9.17) is 20.8 Å². The second-order valence-corrected chi connectivity index (χ2v) is 8.16. The molecule has 3 aromatic rings. The van der Waals surface area contributed by atoms with Crippen molar-refractivity contribution in [3.8, 4) is 17.1 Å². The number of rotatable bonds is 6. The van der Waals surface area contributed by atoms with Gasteiger partial charge in [0.25, 0.3) is 11.1 Å². The summed E-state index contributed by atoms with van der Waals surface area (Å²) in [6.45, 7) is -0.375. The average Bonchev–Trinajstić information content (AvgIpc) is 3.35. The maximum Gasteiger partial charge on any atom is 0.294 e. The Balaban J connectivity index is 1.49. The third kappa shape index (κ3) is 4.71. The number of hydrogen-bond acceptors (Lipinski definition) is 6. The minimum Gasteiger partial charge on any atom is -0.496 e. The normalized spacial score (nSPS) is 14.8. The molecule has 1 N–H and O–H groups in total. The van der Waals surface area contributed by atoms with E-state index in [1.165, 1.54) is 6.08 Å². The number of para-hydroxylation sites is 1. The Morgan fingerprint density at radius 2 is 1.94 bits per heavy atom. The molecule has 0 unspecified atom stereocenters. The van der Waals surface area contributed by atoms with Crippen molar-refractivity contribution in [3.63, 3.8) is 0 Å². The number of nitrogens with one attached hydrogen (secondary N) is 1. The van der Waals surface area contributed by atoms with Crippen molar-refractivity contribution in [3.05, 3.63) is 76.4 Å². The van der Waals surface area contributed by atoms with E-state index in [1.54, 1.807) is 61.7 Å². The molecule has 0 radical (unpaired) electrons. The Labute approximate surface area is 193 Å². The number of methoxy groups -OCH3 is 1. The number of halogens is 1. The number of amides is 3. The molecule has 4 rings (SSSR count). The molecule has 2 heterocycles. The number of benzene rings is 2. The quantitative estimate of drug-likeness (QED) is 0.495. The number of thioether (sulfide) groups is 1. The van der Waals surface area contributed by atoms with Crippen LogP contribution in [0.2, 0.25) is 5.02 Å². The molecule has 1 aromatic heterocycles. The lowest BCUT2D eigenvalue weighted by Crippen LogP contribution is -2.36. The second kappa shape index (κ2) is 9.33. The molecule has 1 aliphatic heterocycles. The van der Waals surface area contributed by atoms with Crippen LogP contribution >= 0.6 is 23.4 Å². The molecule has 3 amide bonds. The standard InChI is InChI=1S/C23H17ClN2O5S/c1-30-18-9-7-14(24)11-17(18)19-10-8-16(31-19)12-20-22(28)26(23(29)32-20)13-21(27)25-15-5-3-2-4-6-15/h2-12H,13H2,1H3,(H,25,27)/b20-12+. The van der Waals surface area contributed by atoms with Gasteiger partial charge in [-0.05, 0) is 54.2 Å². The van der Waals surface area contributed by atoms with Crippen LogP contribution in [0.1, 0.15) is 5.76 Å². The summed E-state index contributed by atoms with van der Waals surface area (Å²) >= 11 is 6.83. The molecule has 32 heavy (non-hydrogen) atoms. The fourth-order valence-electron chi connectivity index (χ4n) is 3.08. The van der Waals surface area contributed by atoms with Crippen LogP contribution < -0.4 is 10.1 Å². The van der Waals surface area contributed by atoms with Gasteiger partial charge in [-0.15, -0.1) is 0 Å². The first-order chi connectivity index (χ1) is 15.4. The molecule has 1 fully saturated rings. The summed E-state index contributed by atoms with van der Waals surface area (Å²) in [6, 6.07) is 17.3. The number of hydrogen-bond donors (Lipinski definition) is 1. The van der Waals surface area contributed by atoms with Crippen molar-refractivity contribution in [2.75, 3.05) is 19.0 Å². The Morgan fingerprint density at radius 1 is 1.16 bits per heavy atom. The molecular formula is C23H17ClN2O5S. The van der Waals surface area contributed by atoms with Crippen molar-refractivity contribution in [1.29, 1.82) is 0 Å². The molecule has 2 aromatic carbocycles. The van der Waals surface area contributed by atoms with Gasteiger partial charge in [0.2, 0.25) is 5.91 Å². The van der Waals surface area contributed by atoms with Crippen molar-refractivity contribution in [1.82, 2.24) is 4.90 Å². The maximum atomic E-state index is 12.7. The highest BCUT2D eigenvalue weighted by Gasteiger charge is 2.36. The summed E-state index contributed by atoms with van der Waals surface area (Å²) in [5.41, 5.74) is 1.24. The molecule has 0 spiro atoms. The Bertz CT molecular complexity index is 1220. The summed E-state index contributed by atoms with van der Waals surface area (Å²) in [6.07, 6.45) is 1.47. The van der Waals surface area contributed by atoms with Crippen LogP contribution in [0.25, 0.3) is 17.4 Å². The largest absolute Gasteiger partial charge is 0.496 e. The predicted octanol–water partition coefficient (Wildman–Crippen LogP) is 5.28. The fraction of sp³-hybridized carbons (Fsp3) is 0.0870. The van der Waals surface area contributed by atoms with E-state index >= 15 is 0 Å². The highest BCUT2D eigenvalue weighted by Crippen LogP contribution is 2.36. The number of carbonyl (C=O) groups is 3. The van der Waals surface area contributed by atoms with E-state index in [0.717, 1.165) is 16.7 Å². The first kappa shape index (κ1) is 21.7. The lowest BCUT2D eigenvalue weighted by Gasteiger charge is -2.12. The van der Waals surface area contributed by atoms with E-state index in [2.05, 4.69) is 5.32 Å². The lowest BCUT2D eigenvalue weighted by molar-refractivity contribution is -0.127. The molecule has 0 saturated carbocycles. The summed E-state index contributed by atoms with van der Waals surface area (Å²) in [5, 5.41) is 2.66. The monoisotopic (exact) mass is 468 g/mol. The molecule has 7 nitrogen and oxygen atoms in total. The third-order valence-corrected chi connectivity index (χ3v) is 5.70. The zero-order valence-electron chi connectivity index (χ0n) is 16.8. The lowest BCUT2D eigenvalue weighted by atomic mass is 10.1. The van der Waals surface area contributed by atoms with Gasteiger partial charge < -0.3 is 14.5 Å². The molecule has 0 atom stereocenters. The average molecular weight is 469 g/mol. The summed E-state index contributed by atoms with van der Waals surface area (Å²) < 4.78 is 11.2. The van der Waals surface area contributed by atoms with Crippen LogP contribution in [-0.4, -0.2) is 35.6 Å². The SMILES string of the molecule is COc1ccc(Cl)cc1-c1ccc(/C=C2/SC(=O)N(CC(=O)Nc3ccccc3)C2=O)o1. The van der Waals surface area contributed by atoms with Gasteiger partial charge in [-0.3, -0.25) is 19.3 Å². The van der Waals surface area contributed by atoms with Gasteiger partial charge in [0.1, 0.15) is 23.8 Å². The Morgan fingerprint density at radius 3 is 2.69 bits per heavy atom. The summed E-state index contributed by atoms with van der Waals surface area (Å²) in [5.74, 6) is 0.438. The smallest absolute Gasteiger partial charge is 0.294 e. The van der Waals surface area contributed by atoms with Gasteiger partial charge >= 0.3 is 0 Å². The molecule has 0 aliphatic carbocycles. The van der Waals surface area contributed by atoms with E-state index in [9.17, 15) is 14.4 Å². The van der Waals surface area contributed by atoms with Gasteiger partial charge in [0.15, 0.2) is 0 Å². The zero-order chi connectivity index (χ0) is 22.7. The molecule has 1 saturated heterocycles. The first-order valence-corrected chi connectivity index (χ1v) is 10.7. The molecule has 162 valence electrons. The van der Waals surface area contributed by atoms with E-state index in [1.807, 2.05) is 6.07 Å².